The molecular weight excluding hydrogens is 180 g/mol. The molecule has 74 valence electrons. The van der Waals surface area contributed by atoms with Crippen LogP contribution in [0.2, 0.25) is 0 Å². The van der Waals surface area contributed by atoms with Gasteiger partial charge in [0.15, 0.2) is 5.78 Å². The van der Waals surface area contributed by atoms with Gasteiger partial charge in [0.2, 0.25) is 0 Å². The van der Waals surface area contributed by atoms with Crippen LogP contribution >= 0.6 is 0 Å². The van der Waals surface area contributed by atoms with Crippen LogP contribution in [-0.4, -0.2) is 16.7 Å². The Hall–Kier alpha value is -1.64. The standard InChI is InChI=1S/C11H12O3/c1-7-4-3-5-9(11(7)14)10(13)6-8(2)12/h3-5,14H,6H2,1-2H3. The summed E-state index contributed by atoms with van der Waals surface area (Å²) in [5, 5.41) is 9.55. The number of phenolic OH excluding ortho intramolecular Hbond substituents is 1. The molecule has 0 radical (unpaired) electrons. The van der Waals surface area contributed by atoms with Crippen LogP contribution < -0.4 is 0 Å². The summed E-state index contributed by atoms with van der Waals surface area (Å²) in [6.45, 7) is 3.06. The Labute approximate surface area is 82.4 Å². The summed E-state index contributed by atoms with van der Waals surface area (Å²) in [6, 6.07) is 4.91. The maximum Gasteiger partial charge on any atom is 0.173 e. The fraction of sp³-hybridized carbons (Fsp3) is 0.273. The number of aryl methyl sites for hydroxylation is 1. The molecule has 0 heterocycles. The third-order valence-corrected chi connectivity index (χ3v) is 1.95. The maximum atomic E-state index is 11.4. The molecule has 0 saturated carbocycles. The molecule has 0 fully saturated rings. The predicted molar refractivity (Wildman–Crippen MR) is 52.5 cm³/mol. The number of para-hydroxylation sites is 1. The zero-order valence-corrected chi connectivity index (χ0v) is 8.20. The Kier molecular flexibility index (Phi) is 3.02. The molecule has 0 aliphatic heterocycles. The molecule has 1 N–H and O–H groups in total. The summed E-state index contributed by atoms with van der Waals surface area (Å²) in [6.07, 6.45) is -0.156. The molecule has 0 unspecified atom stereocenters. The number of carbonyl (C=O) groups is 2. The molecule has 3 nitrogen and oxygen atoms in total. The van der Waals surface area contributed by atoms with Crippen LogP contribution in [0.5, 0.6) is 5.75 Å². The molecule has 3 heteroatoms. The van der Waals surface area contributed by atoms with Crippen LogP contribution in [0.1, 0.15) is 29.3 Å². The van der Waals surface area contributed by atoms with E-state index in [-0.39, 0.29) is 29.3 Å². The van der Waals surface area contributed by atoms with Crippen molar-refractivity contribution in [2.24, 2.45) is 0 Å². The van der Waals surface area contributed by atoms with E-state index < -0.39 is 0 Å². The van der Waals surface area contributed by atoms with Gasteiger partial charge in [-0.3, -0.25) is 9.59 Å². The van der Waals surface area contributed by atoms with Crippen LogP contribution in [0, 0.1) is 6.92 Å². The molecule has 0 aliphatic rings. The quantitative estimate of drug-likeness (QED) is 0.587. The summed E-state index contributed by atoms with van der Waals surface area (Å²) < 4.78 is 0. The van der Waals surface area contributed by atoms with E-state index in [1.165, 1.54) is 13.0 Å². The van der Waals surface area contributed by atoms with E-state index in [0.717, 1.165) is 0 Å². The Morgan fingerprint density at radius 1 is 1.36 bits per heavy atom. The summed E-state index contributed by atoms with van der Waals surface area (Å²) in [7, 11) is 0. The summed E-state index contributed by atoms with van der Waals surface area (Å²) >= 11 is 0. The van der Waals surface area contributed by atoms with E-state index in [4.69, 9.17) is 0 Å². The van der Waals surface area contributed by atoms with Gasteiger partial charge in [-0.05, 0) is 25.5 Å². The van der Waals surface area contributed by atoms with Gasteiger partial charge in [0, 0.05) is 0 Å². The molecule has 0 bridgehead atoms. The van der Waals surface area contributed by atoms with Crippen LogP contribution in [0.25, 0.3) is 0 Å². The van der Waals surface area contributed by atoms with Crippen molar-refractivity contribution in [2.45, 2.75) is 20.3 Å². The van der Waals surface area contributed by atoms with Crippen LogP contribution in [0.4, 0.5) is 0 Å². The lowest BCUT2D eigenvalue weighted by molar-refractivity contribution is -0.116. The lowest BCUT2D eigenvalue weighted by Crippen LogP contribution is -2.05. The highest BCUT2D eigenvalue weighted by molar-refractivity contribution is 6.08. The number of hydrogen-bond acceptors (Lipinski definition) is 3. The molecule has 0 aliphatic carbocycles. The zero-order chi connectivity index (χ0) is 10.7. The Balaban J connectivity index is 3.01. The molecular formula is C11H12O3. The van der Waals surface area contributed by atoms with Gasteiger partial charge in [-0.2, -0.15) is 0 Å². The Morgan fingerprint density at radius 2 is 2.00 bits per heavy atom. The molecule has 0 spiro atoms. The minimum Gasteiger partial charge on any atom is -0.507 e. The third kappa shape index (κ3) is 2.19. The van der Waals surface area contributed by atoms with Crippen molar-refractivity contribution in [3.05, 3.63) is 29.3 Å². The SMILES string of the molecule is CC(=O)CC(=O)c1cccc(C)c1O. The summed E-state index contributed by atoms with van der Waals surface area (Å²) in [5.74, 6) is -0.562. The average Bonchev–Trinajstić information content (AvgIpc) is 2.08. The van der Waals surface area contributed by atoms with Gasteiger partial charge in [-0.25, -0.2) is 0 Å². The fourth-order valence-corrected chi connectivity index (χ4v) is 1.21. The van der Waals surface area contributed by atoms with Crippen LogP contribution in [0.15, 0.2) is 18.2 Å². The van der Waals surface area contributed by atoms with Gasteiger partial charge >= 0.3 is 0 Å². The Morgan fingerprint density at radius 3 is 2.57 bits per heavy atom. The Bertz CT molecular complexity index is 380. The normalized spacial score (nSPS) is 9.86. The van der Waals surface area contributed by atoms with Gasteiger partial charge in [0.1, 0.15) is 11.5 Å². The van der Waals surface area contributed by atoms with Gasteiger partial charge in [0.25, 0.3) is 0 Å². The largest absolute Gasteiger partial charge is 0.507 e. The first-order valence-corrected chi connectivity index (χ1v) is 4.33. The first kappa shape index (κ1) is 10.4. The number of benzene rings is 1. The number of phenols is 1. The molecule has 1 rings (SSSR count). The highest BCUT2D eigenvalue weighted by Gasteiger charge is 2.13. The first-order valence-electron chi connectivity index (χ1n) is 4.33. The van der Waals surface area contributed by atoms with E-state index in [9.17, 15) is 14.7 Å². The molecule has 0 saturated heterocycles. The van der Waals surface area contributed by atoms with Crippen LogP contribution in [-0.2, 0) is 4.79 Å². The molecule has 1 aromatic rings. The number of carbonyl (C=O) groups excluding carboxylic acids is 2. The van der Waals surface area contributed by atoms with Crippen molar-refractivity contribution in [2.75, 3.05) is 0 Å². The van der Waals surface area contributed by atoms with E-state index in [1.54, 1.807) is 19.1 Å². The molecule has 0 amide bonds. The first-order chi connectivity index (χ1) is 6.52. The lowest BCUT2D eigenvalue weighted by Gasteiger charge is -2.04. The number of aromatic hydroxyl groups is 1. The molecule has 14 heavy (non-hydrogen) atoms. The van der Waals surface area contributed by atoms with Gasteiger partial charge < -0.3 is 5.11 Å². The second kappa shape index (κ2) is 4.05. The van der Waals surface area contributed by atoms with E-state index in [0.29, 0.717) is 5.56 Å². The summed E-state index contributed by atoms with van der Waals surface area (Å²) in [5.41, 5.74) is 0.861. The maximum absolute atomic E-state index is 11.4. The number of ketones is 2. The van der Waals surface area contributed by atoms with Crippen molar-refractivity contribution in [3.8, 4) is 5.75 Å². The minimum absolute atomic E-state index is 0.0289. The van der Waals surface area contributed by atoms with Gasteiger partial charge in [0.05, 0.1) is 12.0 Å². The monoisotopic (exact) mass is 192 g/mol. The zero-order valence-electron chi connectivity index (χ0n) is 8.20. The van der Waals surface area contributed by atoms with Crippen molar-refractivity contribution in [1.29, 1.82) is 0 Å². The minimum atomic E-state index is -0.335. The number of hydrogen-bond donors (Lipinski definition) is 1. The van der Waals surface area contributed by atoms with Crippen molar-refractivity contribution < 1.29 is 14.7 Å². The van der Waals surface area contributed by atoms with Crippen LogP contribution in [0.3, 0.4) is 0 Å². The smallest absolute Gasteiger partial charge is 0.173 e. The summed E-state index contributed by atoms with van der Waals surface area (Å²) in [4.78, 5) is 22.2. The number of Topliss-reactive ketones (excluding diaryl/α,β-unsaturated/α-hetero) is 2. The predicted octanol–water partition coefficient (Wildman–Crippen LogP) is 1.86. The lowest BCUT2D eigenvalue weighted by atomic mass is 10.0. The van der Waals surface area contributed by atoms with E-state index >= 15 is 0 Å². The highest BCUT2D eigenvalue weighted by atomic mass is 16.3. The van der Waals surface area contributed by atoms with Gasteiger partial charge in [-0.15, -0.1) is 0 Å². The molecule has 0 aromatic heterocycles. The van der Waals surface area contributed by atoms with Crippen molar-refractivity contribution in [3.63, 3.8) is 0 Å². The second-order valence-electron chi connectivity index (χ2n) is 3.27. The molecule has 0 atom stereocenters. The van der Waals surface area contributed by atoms with E-state index in [2.05, 4.69) is 0 Å². The number of rotatable bonds is 3. The fourth-order valence-electron chi connectivity index (χ4n) is 1.21. The van der Waals surface area contributed by atoms with Crippen molar-refractivity contribution >= 4 is 11.6 Å². The van der Waals surface area contributed by atoms with Crippen molar-refractivity contribution in [1.82, 2.24) is 0 Å². The van der Waals surface area contributed by atoms with E-state index in [1.807, 2.05) is 0 Å². The van der Waals surface area contributed by atoms with Gasteiger partial charge in [-0.1, -0.05) is 12.1 Å². The molecule has 1 aromatic carbocycles. The topological polar surface area (TPSA) is 54.4 Å². The third-order valence-electron chi connectivity index (χ3n) is 1.95. The highest BCUT2D eigenvalue weighted by Crippen LogP contribution is 2.22. The second-order valence-corrected chi connectivity index (χ2v) is 3.27. The average molecular weight is 192 g/mol.